The molecule has 4 heteroatoms. The molecule has 1 rings (SSSR count). The number of nitrogens with two attached hydrogens (primary N) is 2. The molecule has 0 unspecified atom stereocenters. The van der Waals surface area contributed by atoms with E-state index in [4.69, 9.17) is 11.5 Å². The number of likely N-dealkylation sites (N-methyl/N-ethyl adjacent to an activating group) is 1. The number of nitrogens with zero attached hydrogens (tertiary/aromatic N) is 2. The van der Waals surface area contributed by atoms with Crippen molar-refractivity contribution in [1.29, 1.82) is 0 Å². The summed E-state index contributed by atoms with van der Waals surface area (Å²) in [5.74, 6) is 0.167. The van der Waals surface area contributed by atoms with Gasteiger partial charge in [-0.25, -0.2) is 0 Å². The van der Waals surface area contributed by atoms with Crippen molar-refractivity contribution >= 4 is 5.96 Å². The molecule has 0 saturated carbocycles. The second-order valence-electron chi connectivity index (χ2n) is 4.33. The predicted octanol–water partition coefficient (Wildman–Crippen LogP) is 1.21. The zero-order chi connectivity index (χ0) is 13.4. The van der Waals surface area contributed by atoms with Crippen molar-refractivity contribution in [1.82, 2.24) is 4.90 Å². The van der Waals surface area contributed by atoms with Crippen LogP contribution in [0.1, 0.15) is 19.4 Å². The van der Waals surface area contributed by atoms with Crippen LogP contribution in [0.25, 0.3) is 0 Å². The molecule has 0 spiro atoms. The van der Waals surface area contributed by atoms with Crippen LogP contribution in [0.3, 0.4) is 0 Å². The first-order valence-corrected chi connectivity index (χ1v) is 6.50. The van der Waals surface area contributed by atoms with E-state index in [1.807, 2.05) is 6.07 Å². The highest BCUT2D eigenvalue weighted by Gasteiger charge is 2.15. The van der Waals surface area contributed by atoms with E-state index in [9.17, 15) is 0 Å². The quantitative estimate of drug-likeness (QED) is 0.563. The van der Waals surface area contributed by atoms with Gasteiger partial charge in [0, 0.05) is 6.04 Å². The standard InChI is InChI=1S/C14H24N4/c1-3-18(4-2)13(11-17-14(15)16)10-12-8-6-5-7-9-12/h5-9,13H,3-4,10-11H2,1-2H3,(H4,15,16,17)/t13-/m1/s1. The second kappa shape index (κ2) is 7.71. The van der Waals surface area contributed by atoms with E-state index in [-0.39, 0.29) is 5.96 Å². The molecule has 1 aromatic carbocycles. The van der Waals surface area contributed by atoms with E-state index in [2.05, 4.69) is 48.0 Å². The largest absolute Gasteiger partial charge is 0.370 e. The van der Waals surface area contributed by atoms with E-state index in [0.717, 1.165) is 19.5 Å². The van der Waals surface area contributed by atoms with Crippen molar-refractivity contribution < 1.29 is 0 Å². The third kappa shape index (κ3) is 4.75. The van der Waals surface area contributed by atoms with Crippen LogP contribution >= 0.6 is 0 Å². The Bertz CT molecular complexity index is 353. The third-order valence-corrected chi connectivity index (χ3v) is 3.13. The number of benzene rings is 1. The zero-order valence-corrected chi connectivity index (χ0v) is 11.3. The van der Waals surface area contributed by atoms with Crippen LogP contribution in [0, 0.1) is 0 Å². The van der Waals surface area contributed by atoms with Gasteiger partial charge in [0.25, 0.3) is 0 Å². The van der Waals surface area contributed by atoms with Gasteiger partial charge in [0.05, 0.1) is 6.54 Å². The maximum atomic E-state index is 5.43. The molecule has 0 saturated heterocycles. The number of rotatable bonds is 7. The van der Waals surface area contributed by atoms with Gasteiger partial charge in [-0.05, 0) is 25.1 Å². The van der Waals surface area contributed by atoms with Crippen LogP contribution in [0.15, 0.2) is 35.3 Å². The number of guanidine groups is 1. The van der Waals surface area contributed by atoms with Crippen molar-refractivity contribution in [3.8, 4) is 0 Å². The minimum Gasteiger partial charge on any atom is -0.370 e. The molecular formula is C14H24N4. The fourth-order valence-electron chi connectivity index (χ4n) is 2.15. The molecule has 0 aliphatic rings. The van der Waals surface area contributed by atoms with E-state index in [1.165, 1.54) is 5.56 Å². The maximum absolute atomic E-state index is 5.43. The highest BCUT2D eigenvalue weighted by molar-refractivity contribution is 5.75. The van der Waals surface area contributed by atoms with E-state index < -0.39 is 0 Å². The van der Waals surface area contributed by atoms with Gasteiger partial charge < -0.3 is 11.5 Å². The fraction of sp³-hybridized carbons (Fsp3) is 0.500. The lowest BCUT2D eigenvalue weighted by atomic mass is 10.0. The summed E-state index contributed by atoms with van der Waals surface area (Å²) in [5, 5.41) is 0. The van der Waals surface area contributed by atoms with E-state index in [0.29, 0.717) is 12.6 Å². The first-order chi connectivity index (χ1) is 8.67. The van der Waals surface area contributed by atoms with Gasteiger partial charge in [-0.3, -0.25) is 9.89 Å². The molecule has 0 aliphatic carbocycles. The van der Waals surface area contributed by atoms with Gasteiger partial charge in [0.15, 0.2) is 5.96 Å². The monoisotopic (exact) mass is 248 g/mol. The Labute approximate surface area is 110 Å². The lowest BCUT2D eigenvalue weighted by molar-refractivity contribution is 0.220. The minimum atomic E-state index is 0.167. The normalized spacial score (nSPS) is 12.4. The highest BCUT2D eigenvalue weighted by Crippen LogP contribution is 2.09. The van der Waals surface area contributed by atoms with Crippen LogP contribution < -0.4 is 11.5 Å². The third-order valence-electron chi connectivity index (χ3n) is 3.13. The van der Waals surface area contributed by atoms with Gasteiger partial charge in [-0.2, -0.15) is 0 Å². The Balaban J connectivity index is 2.73. The van der Waals surface area contributed by atoms with Gasteiger partial charge in [-0.15, -0.1) is 0 Å². The Morgan fingerprint density at radius 1 is 1.17 bits per heavy atom. The molecule has 0 aromatic heterocycles. The van der Waals surface area contributed by atoms with Crippen LogP contribution in [0.5, 0.6) is 0 Å². The Morgan fingerprint density at radius 3 is 2.28 bits per heavy atom. The summed E-state index contributed by atoms with van der Waals surface area (Å²) in [6, 6.07) is 10.8. The Hall–Kier alpha value is -1.55. The van der Waals surface area contributed by atoms with E-state index in [1.54, 1.807) is 0 Å². The molecular weight excluding hydrogens is 224 g/mol. The summed E-state index contributed by atoms with van der Waals surface area (Å²) in [4.78, 5) is 6.56. The molecule has 18 heavy (non-hydrogen) atoms. The topological polar surface area (TPSA) is 67.6 Å². The molecule has 0 amide bonds. The summed E-state index contributed by atoms with van der Waals surface area (Å²) in [7, 11) is 0. The minimum absolute atomic E-state index is 0.167. The summed E-state index contributed by atoms with van der Waals surface area (Å²) in [6.07, 6.45) is 0.972. The zero-order valence-electron chi connectivity index (χ0n) is 11.3. The first-order valence-electron chi connectivity index (χ1n) is 6.50. The maximum Gasteiger partial charge on any atom is 0.185 e. The van der Waals surface area contributed by atoms with Gasteiger partial charge >= 0.3 is 0 Å². The van der Waals surface area contributed by atoms with Gasteiger partial charge in [0.2, 0.25) is 0 Å². The molecule has 4 nitrogen and oxygen atoms in total. The Morgan fingerprint density at radius 2 is 1.78 bits per heavy atom. The van der Waals surface area contributed by atoms with Crippen LogP contribution in [-0.2, 0) is 6.42 Å². The van der Waals surface area contributed by atoms with Crippen molar-refractivity contribution in [2.75, 3.05) is 19.6 Å². The smallest absolute Gasteiger partial charge is 0.185 e. The number of hydrogen-bond donors (Lipinski definition) is 2. The van der Waals surface area contributed by atoms with E-state index >= 15 is 0 Å². The van der Waals surface area contributed by atoms with Crippen molar-refractivity contribution in [2.24, 2.45) is 16.5 Å². The first kappa shape index (κ1) is 14.5. The summed E-state index contributed by atoms with van der Waals surface area (Å²) in [6.45, 7) is 6.99. The lowest BCUT2D eigenvalue weighted by Crippen LogP contribution is -2.39. The van der Waals surface area contributed by atoms with Crippen molar-refractivity contribution in [3.05, 3.63) is 35.9 Å². The summed E-state index contributed by atoms with van der Waals surface area (Å²) >= 11 is 0. The molecule has 0 radical (unpaired) electrons. The van der Waals surface area contributed by atoms with Crippen LogP contribution in [-0.4, -0.2) is 36.5 Å². The van der Waals surface area contributed by atoms with Gasteiger partial charge in [0.1, 0.15) is 0 Å². The molecule has 0 heterocycles. The molecule has 0 fully saturated rings. The van der Waals surface area contributed by atoms with Crippen LogP contribution in [0.4, 0.5) is 0 Å². The predicted molar refractivity (Wildman–Crippen MR) is 77.5 cm³/mol. The summed E-state index contributed by atoms with van der Waals surface area (Å²) < 4.78 is 0. The number of aliphatic imine (C=N–C) groups is 1. The highest BCUT2D eigenvalue weighted by atomic mass is 15.2. The molecule has 1 aromatic rings. The van der Waals surface area contributed by atoms with Crippen molar-refractivity contribution in [2.45, 2.75) is 26.3 Å². The SMILES string of the molecule is CCN(CC)[C@@H](CN=C(N)N)Cc1ccccc1. The molecule has 100 valence electrons. The van der Waals surface area contributed by atoms with Crippen LogP contribution in [0.2, 0.25) is 0 Å². The summed E-state index contributed by atoms with van der Waals surface area (Å²) in [5.41, 5.74) is 12.2. The average molecular weight is 248 g/mol. The molecule has 0 aliphatic heterocycles. The van der Waals surface area contributed by atoms with Crippen molar-refractivity contribution in [3.63, 3.8) is 0 Å². The number of hydrogen-bond acceptors (Lipinski definition) is 2. The average Bonchev–Trinajstić information content (AvgIpc) is 2.38. The molecule has 1 atom stereocenters. The Kier molecular flexibility index (Phi) is 6.22. The van der Waals surface area contributed by atoms with Gasteiger partial charge in [-0.1, -0.05) is 44.2 Å². The second-order valence-corrected chi connectivity index (χ2v) is 4.33. The molecule has 0 bridgehead atoms. The molecule has 4 N–H and O–H groups in total. The lowest BCUT2D eigenvalue weighted by Gasteiger charge is -2.28. The fourth-order valence-corrected chi connectivity index (χ4v) is 2.15.